The zero-order valence-electron chi connectivity index (χ0n) is 16.1. The number of carbonyl (C=O) groups excluding carboxylic acids is 3. The third-order valence-electron chi connectivity index (χ3n) is 3.46. The van der Waals surface area contributed by atoms with Crippen LogP contribution in [0.2, 0.25) is 0 Å². The van der Waals surface area contributed by atoms with E-state index in [0.29, 0.717) is 13.0 Å². The molecule has 1 rings (SSSR count). The van der Waals surface area contributed by atoms with Crippen LogP contribution in [0.3, 0.4) is 0 Å². The lowest BCUT2D eigenvalue weighted by Gasteiger charge is -2.25. The average Bonchev–Trinajstić information content (AvgIpc) is 2.56. The predicted molar refractivity (Wildman–Crippen MR) is 97.3 cm³/mol. The summed E-state index contributed by atoms with van der Waals surface area (Å²) in [7, 11) is 1.17. The Labute approximate surface area is 154 Å². The Balaban J connectivity index is 2.66. The smallest absolute Gasteiger partial charge is 0.407 e. The fourth-order valence-electron chi connectivity index (χ4n) is 2.20. The van der Waals surface area contributed by atoms with Crippen LogP contribution in [-0.2, 0) is 25.6 Å². The summed E-state index contributed by atoms with van der Waals surface area (Å²) in [6.45, 7) is 7.75. The van der Waals surface area contributed by atoms with E-state index in [1.54, 1.807) is 20.8 Å². The van der Waals surface area contributed by atoms with E-state index in [-0.39, 0.29) is 12.6 Å². The van der Waals surface area contributed by atoms with Gasteiger partial charge in [0.1, 0.15) is 5.60 Å². The maximum atomic E-state index is 12.2. The highest BCUT2D eigenvalue weighted by Crippen LogP contribution is 2.09. The molecule has 0 fully saturated rings. The summed E-state index contributed by atoms with van der Waals surface area (Å²) in [6, 6.07) is 9.13. The molecule has 1 aromatic carbocycles. The molecule has 26 heavy (non-hydrogen) atoms. The largest absolute Gasteiger partial charge is 0.462 e. The number of benzene rings is 1. The Kier molecular flexibility index (Phi) is 8.09. The predicted octanol–water partition coefficient (Wildman–Crippen LogP) is 2.49. The number of ether oxygens (including phenoxy) is 2. The summed E-state index contributed by atoms with van der Waals surface area (Å²) in [5, 5.41) is 2.72. The number of methoxy groups -OCH3 is 1. The zero-order valence-corrected chi connectivity index (χ0v) is 16.1. The number of carbonyl (C=O) groups is 3. The van der Waals surface area contributed by atoms with Crippen molar-refractivity contribution in [3.05, 3.63) is 35.9 Å². The van der Waals surface area contributed by atoms with Gasteiger partial charge in [0.25, 0.3) is 0 Å². The van der Waals surface area contributed by atoms with E-state index in [1.807, 2.05) is 37.3 Å². The first-order valence-electron chi connectivity index (χ1n) is 8.53. The number of alkyl carbamates (subject to hydrolysis) is 1. The van der Waals surface area contributed by atoms with Gasteiger partial charge >= 0.3 is 18.0 Å². The average molecular weight is 364 g/mol. The Hall–Kier alpha value is -2.57. The van der Waals surface area contributed by atoms with Crippen LogP contribution < -0.4 is 5.32 Å². The van der Waals surface area contributed by atoms with Crippen molar-refractivity contribution in [2.45, 2.75) is 52.3 Å². The molecular formula is C19H28N2O5. The summed E-state index contributed by atoms with van der Waals surface area (Å²) >= 11 is 0. The van der Waals surface area contributed by atoms with Crippen molar-refractivity contribution in [2.24, 2.45) is 0 Å². The normalized spacial score (nSPS) is 12.0. The first-order chi connectivity index (χ1) is 12.1. The van der Waals surface area contributed by atoms with Crippen LogP contribution in [-0.4, -0.2) is 48.2 Å². The van der Waals surface area contributed by atoms with Crippen molar-refractivity contribution in [3.8, 4) is 0 Å². The van der Waals surface area contributed by atoms with Crippen molar-refractivity contribution < 1.29 is 23.9 Å². The van der Waals surface area contributed by atoms with Crippen LogP contribution in [0, 0.1) is 0 Å². The molecule has 0 saturated carbocycles. The molecule has 0 aliphatic rings. The van der Waals surface area contributed by atoms with E-state index >= 15 is 0 Å². The number of nitrogens with one attached hydrogen (secondary N) is 1. The molecule has 2 amide bonds. The number of rotatable bonds is 6. The highest BCUT2D eigenvalue weighted by molar-refractivity contribution is 6.32. The molecule has 0 aliphatic heterocycles. The highest BCUT2D eigenvalue weighted by atomic mass is 16.6. The van der Waals surface area contributed by atoms with Gasteiger partial charge in [-0.1, -0.05) is 30.3 Å². The van der Waals surface area contributed by atoms with E-state index in [2.05, 4.69) is 10.1 Å². The second-order valence-corrected chi connectivity index (χ2v) is 7.04. The van der Waals surface area contributed by atoms with Gasteiger partial charge in [0.2, 0.25) is 0 Å². The van der Waals surface area contributed by atoms with Gasteiger partial charge in [-0.15, -0.1) is 0 Å². The van der Waals surface area contributed by atoms with E-state index < -0.39 is 23.6 Å². The summed E-state index contributed by atoms with van der Waals surface area (Å²) < 4.78 is 9.75. The fourth-order valence-corrected chi connectivity index (χ4v) is 2.20. The number of hydrogen-bond donors (Lipinski definition) is 1. The third kappa shape index (κ3) is 8.00. The quantitative estimate of drug-likeness (QED) is 0.619. The molecule has 0 saturated heterocycles. The van der Waals surface area contributed by atoms with E-state index in [9.17, 15) is 14.4 Å². The van der Waals surface area contributed by atoms with Gasteiger partial charge in [-0.3, -0.25) is 4.79 Å². The number of amides is 2. The van der Waals surface area contributed by atoms with Crippen molar-refractivity contribution in [1.29, 1.82) is 0 Å². The Bertz CT molecular complexity index is 610. The molecule has 0 heterocycles. The summed E-state index contributed by atoms with van der Waals surface area (Å²) in [6.07, 6.45) is -0.0478. The van der Waals surface area contributed by atoms with Crippen LogP contribution in [0.1, 0.15) is 39.7 Å². The van der Waals surface area contributed by atoms with Gasteiger partial charge in [0.15, 0.2) is 0 Å². The molecular weight excluding hydrogens is 336 g/mol. The first-order valence-corrected chi connectivity index (χ1v) is 8.53. The van der Waals surface area contributed by atoms with Crippen LogP contribution in [0.5, 0.6) is 0 Å². The van der Waals surface area contributed by atoms with Crippen LogP contribution in [0.4, 0.5) is 4.79 Å². The molecule has 1 atom stereocenters. The van der Waals surface area contributed by atoms with Crippen molar-refractivity contribution >= 4 is 18.0 Å². The zero-order chi connectivity index (χ0) is 19.7. The van der Waals surface area contributed by atoms with Crippen LogP contribution in [0.15, 0.2) is 30.3 Å². The Morgan fingerprint density at radius 2 is 1.77 bits per heavy atom. The SMILES string of the molecule is COC(=O)C(=O)N(CCC(C)NC(=O)OC(C)(C)C)Cc1ccccc1. The minimum absolute atomic E-state index is 0.228. The van der Waals surface area contributed by atoms with Crippen molar-refractivity contribution in [1.82, 2.24) is 10.2 Å². The van der Waals surface area contributed by atoms with E-state index in [0.717, 1.165) is 5.56 Å². The molecule has 7 heteroatoms. The summed E-state index contributed by atoms with van der Waals surface area (Å²) in [5.74, 6) is -1.62. The Morgan fingerprint density at radius 1 is 1.15 bits per heavy atom. The van der Waals surface area contributed by atoms with Gasteiger partial charge in [0, 0.05) is 19.1 Å². The molecule has 1 N–H and O–H groups in total. The lowest BCUT2D eigenvalue weighted by molar-refractivity contribution is -0.158. The number of esters is 1. The second-order valence-electron chi connectivity index (χ2n) is 7.04. The minimum atomic E-state index is -0.909. The van der Waals surface area contributed by atoms with Gasteiger partial charge < -0.3 is 19.7 Å². The molecule has 0 bridgehead atoms. The lowest BCUT2D eigenvalue weighted by atomic mass is 10.2. The molecule has 144 valence electrons. The molecule has 7 nitrogen and oxygen atoms in total. The summed E-state index contributed by atoms with van der Waals surface area (Å²) in [5.41, 5.74) is 0.321. The minimum Gasteiger partial charge on any atom is -0.462 e. The number of hydrogen-bond acceptors (Lipinski definition) is 5. The van der Waals surface area contributed by atoms with Crippen molar-refractivity contribution in [2.75, 3.05) is 13.7 Å². The maximum absolute atomic E-state index is 12.2. The van der Waals surface area contributed by atoms with E-state index in [4.69, 9.17) is 4.74 Å². The van der Waals surface area contributed by atoms with Gasteiger partial charge in [-0.2, -0.15) is 0 Å². The second kappa shape index (κ2) is 9.79. The molecule has 0 aliphatic carbocycles. The first kappa shape index (κ1) is 21.5. The van der Waals surface area contributed by atoms with E-state index in [1.165, 1.54) is 12.0 Å². The monoisotopic (exact) mass is 364 g/mol. The maximum Gasteiger partial charge on any atom is 0.407 e. The van der Waals surface area contributed by atoms with Gasteiger partial charge in [0.05, 0.1) is 7.11 Å². The Morgan fingerprint density at radius 3 is 2.31 bits per heavy atom. The number of nitrogens with zero attached hydrogens (tertiary/aromatic N) is 1. The molecule has 1 unspecified atom stereocenters. The van der Waals surface area contributed by atoms with Crippen LogP contribution >= 0.6 is 0 Å². The molecule has 0 spiro atoms. The van der Waals surface area contributed by atoms with Crippen LogP contribution in [0.25, 0.3) is 0 Å². The van der Waals surface area contributed by atoms with Crippen molar-refractivity contribution in [3.63, 3.8) is 0 Å². The third-order valence-corrected chi connectivity index (χ3v) is 3.46. The lowest BCUT2D eigenvalue weighted by Crippen LogP contribution is -2.42. The topological polar surface area (TPSA) is 84.9 Å². The highest BCUT2D eigenvalue weighted by Gasteiger charge is 2.24. The summed E-state index contributed by atoms with van der Waals surface area (Å²) in [4.78, 5) is 37.1. The van der Waals surface area contributed by atoms with Gasteiger partial charge in [-0.05, 0) is 39.7 Å². The molecule has 0 radical (unpaired) electrons. The molecule has 0 aromatic heterocycles. The fraction of sp³-hybridized carbons (Fsp3) is 0.526. The molecule has 1 aromatic rings. The standard InChI is InChI=1S/C19H28N2O5/c1-14(20-18(24)26-19(2,3)4)11-12-21(16(22)17(23)25-5)13-15-9-7-6-8-10-15/h6-10,14H,11-13H2,1-5H3,(H,20,24). The van der Waals surface area contributed by atoms with Gasteiger partial charge in [-0.25, -0.2) is 9.59 Å².